The average molecular weight is 581 g/mol. The number of carbonyl (C=O) groups excluding carboxylic acids is 1. The number of nitrogens with one attached hydrogen (secondary N) is 1. The number of carboxylic acids is 1. The van der Waals surface area contributed by atoms with Crippen LogP contribution in [0, 0.1) is 5.41 Å². The van der Waals surface area contributed by atoms with E-state index in [9.17, 15) is 51.2 Å². The van der Waals surface area contributed by atoms with Crippen molar-refractivity contribution >= 4 is 26.7 Å². The molecule has 3 unspecified atom stereocenters. The Labute approximate surface area is 213 Å². The van der Waals surface area contributed by atoms with E-state index in [2.05, 4.69) is 4.18 Å². The summed E-state index contributed by atoms with van der Waals surface area (Å²) < 4.78 is 89.5. The molecule has 0 aromatic rings. The van der Waals surface area contributed by atoms with Gasteiger partial charge in [-0.15, -0.1) is 0 Å². The Kier molecular flexibility index (Phi) is 10.3. The standard InChI is InChI=1S/C18H31NO15S2.H2O/c1-16(2)12(19-35(25,26)27)14(22)17(3,11(34-16)6-32-36(28,29)30)7-31-8-18(4)13(21)9(20)5-10(33-18)15(23)24;/h5,9,11-14,19-22H,6-8H2,1-4H3,(H,23,24)(H,25,26,27)(H,28,29,30);1H2/p-3/t9-,11?,12?,13?,14+,17-,18-;/m1./s1. The van der Waals surface area contributed by atoms with Gasteiger partial charge in [0.2, 0.25) is 10.4 Å². The summed E-state index contributed by atoms with van der Waals surface area (Å²) in [5.41, 5.74) is -5.21. The van der Waals surface area contributed by atoms with Crippen LogP contribution in [0.2, 0.25) is 0 Å². The van der Waals surface area contributed by atoms with E-state index in [0.29, 0.717) is 0 Å². The van der Waals surface area contributed by atoms with Crippen LogP contribution in [0.25, 0.3) is 0 Å². The number of carbonyl (C=O) groups is 1. The van der Waals surface area contributed by atoms with Crippen molar-refractivity contribution in [1.29, 1.82) is 0 Å². The molecule has 2 aliphatic heterocycles. The first kappa shape index (κ1) is 33.5. The lowest BCUT2D eigenvalue weighted by molar-refractivity contribution is -0.307. The molecule has 0 radical (unpaired) electrons. The highest BCUT2D eigenvalue weighted by molar-refractivity contribution is 7.83. The Morgan fingerprint density at radius 1 is 1.08 bits per heavy atom. The molecule has 0 aromatic carbocycles. The minimum Gasteiger partial charge on any atom is -0.735 e. The molecule has 0 amide bonds. The Hall–Kier alpha value is -1.49. The fraction of sp³-hybridized carbons (Fsp3) is 0.833. The van der Waals surface area contributed by atoms with Crippen molar-refractivity contribution in [2.24, 2.45) is 5.41 Å². The van der Waals surface area contributed by atoms with Crippen LogP contribution in [-0.4, -0.2) is 114 Å². The van der Waals surface area contributed by atoms with Crippen molar-refractivity contribution in [2.45, 2.75) is 69.4 Å². The molecule has 19 heteroatoms. The van der Waals surface area contributed by atoms with Crippen LogP contribution in [-0.2, 0) is 43.9 Å². The van der Waals surface area contributed by atoms with Gasteiger partial charge in [-0.3, -0.25) is 4.18 Å². The zero-order valence-electron chi connectivity index (χ0n) is 20.1. The third-order valence-electron chi connectivity index (χ3n) is 6.17. The van der Waals surface area contributed by atoms with E-state index in [4.69, 9.17) is 14.2 Å². The Balaban J connectivity index is 0.00000684. The molecular weight excluding hydrogens is 550 g/mol. The second kappa shape index (κ2) is 11.3. The van der Waals surface area contributed by atoms with Crippen molar-refractivity contribution < 1.29 is 75.0 Å². The summed E-state index contributed by atoms with van der Waals surface area (Å²) in [6, 6.07) is -1.57. The maximum atomic E-state index is 11.4. The van der Waals surface area contributed by atoms with Gasteiger partial charge in [0.05, 0.1) is 43.7 Å². The molecule has 6 N–H and O–H groups in total. The number of carboxylic acid groups (broad SMARTS) is 1. The molecule has 17 nitrogen and oxygen atoms in total. The summed E-state index contributed by atoms with van der Waals surface area (Å²) in [6.07, 6.45) is -5.83. The Morgan fingerprint density at radius 3 is 2.14 bits per heavy atom. The predicted octanol–water partition coefficient (Wildman–Crippen LogP) is -5.24. The Bertz CT molecular complexity index is 1070. The molecule has 7 atom stereocenters. The number of aliphatic carboxylic acids is 1. The van der Waals surface area contributed by atoms with E-state index in [-0.39, 0.29) is 5.48 Å². The molecule has 0 spiro atoms. The van der Waals surface area contributed by atoms with Gasteiger partial charge in [0.1, 0.15) is 23.9 Å². The molecule has 218 valence electrons. The minimum atomic E-state index is -5.21. The van der Waals surface area contributed by atoms with E-state index < -0.39 is 99.3 Å². The fourth-order valence-corrected chi connectivity index (χ4v) is 5.10. The summed E-state index contributed by atoms with van der Waals surface area (Å²) in [5.74, 6) is -2.55. The zero-order chi connectivity index (χ0) is 27.9. The first-order chi connectivity index (χ1) is 16.1. The van der Waals surface area contributed by atoms with Gasteiger partial charge >= 0.3 is 0 Å². The summed E-state index contributed by atoms with van der Waals surface area (Å²) in [5, 5.41) is 42.5. The first-order valence-electron chi connectivity index (χ1n) is 10.4. The van der Waals surface area contributed by atoms with E-state index in [1.807, 2.05) is 0 Å². The van der Waals surface area contributed by atoms with Crippen molar-refractivity contribution in [3.63, 3.8) is 0 Å². The van der Waals surface area contributed by atoms with Gasteiger partial charge in [0, 0.05) is 5.41 Å². The lowest BCUT2D eigenvalue weighted by Gasteiger charge is -2.55. The highest BCUT2D eigenvalue weighted by atomic mass is 32.3. The van der Waals surface area contributed by atoms with Crippen LogP contribution in [0.5, 0.6) is 0 Å². The van der Waals surface area contributed by atoms with Gasteiger partial charge in [-0.25, -0.2) is 21.6 Å². The quantitative estimate of drug-likeness (QED) is 0.139. The maximum absolute atomic E-state index is 11.4. The number of rotatable bonds is 10. The molecule has 1 fully saturated rings. The molecule has 37 heavy (non-hydrogen) atoms. The number of aliphatic hydroxyl groups is 3. The zero-order valence-corrected chi connectivity index (χ0v) is 21.8. The second-order valence-corrected chi connectivity index (χ2v) is 11.8. The van der Waals surface area contributed by atoms with Gasteiger partial charge < -0.3 is 54.0 Å². The van der Waals surface area contributed by atoms with Crippen molar-refractivity contribution in [2.75, 3.05) is 19.8 Å². The largest absolute Gasteiger partial charge is 0.735 e. The molecule has 0 aromatic heterocycles. The molecule has 2 heterocycles. The molecule has 2 rings (SSSR count). The summed E-state index contributed by atoms with van der Waals surface area (Å²) in [6.45, 7) is 2.89. The third kappa shape index (κ3) is 8.00. The van der Waals surface area contributed by atoms with E-state index in [1.54, 1.807) is 4.72 Å². The molecule has 0 bridgehead atoms. The molecule has 2 aliphatic rings. The first-order valence-corrected chi connectivity index (χ1v) is 13.1. The van der Waals surface area contributed by atoms with Gasteiger partial charge in [0.25, 0.3) is 0 Å². The lowest BCUT2D eigenvalue weighted by atomic mass is 9.70. The van der Waals surface area contributed by atoms with Crippen LogP contribution >= 0.6 is 0 Å². The lowest BCUT2D eigenvalue weighted by Crippen LogP contribution is -2.71. The van der Waals surface area contributed by atoms with Gasteiger partial charge in [0.15, 0.2) is 15.9 Å². The minimum absolute atomic E-state index is 0. The fourth-order valence-electron chi connectivity index (χ4n) is 4.09. The van der Waals surface area contributed by atoms with Crippen LogP contribution < -0.4 is 9.83 Å². The highest BCUT2D eigenvalue weighted by Crippen LogP contribution is 2.42. The number of hydrogen-bond acceptors (Lipinski definition) is 15. The SMILES string of the molecule is CC1(C)OC(COS(=O)(=O)[O-])[C@@](C)(COC[C@@]2(C)OC(C(=O)[O-])=C[C@@H](O)C2O)[C@@H](O)C1NS(=O)(=O)[O-].O. The van der Waals surface area contributed by atoms with Crippen LogP contribution in [0.1, 0.15) is 27.7 Å². The van der Waals surface area contributed by atoms with Crippen molar-refractivity contribution in [1.82, 2.24) is 4.72 Å². The third-order valence-corrected chi connectivity index (χ3v) is 7.14. The average Bonchev–Trinajstić information content (AvgIpc) is 2.70. The molecule has 0 aliphatic carbocycles. The summed E-state index contributed by atoms with van der Waals surface area (Å²) >= 11 is 0. The van der Waals surface area contributed by atoms with E-state index in [0.717, 1.165) is 6.08 Å². The predicted molar refractivity (Wildman–Crippen MR) is 114 cm³/mol. The van der Waals surface area contributed by atoms with E-state index >= 15 is 0 Å². The molecule has 0 saturated carbocycles. The highest BCUT2D eigenvalue weighted by Gasteiger charge is 2.57. The van der Waals surface area contributed by atoms with Crippen molar-refractivity contribution in [3.05, 3.63) is 11.8 Å². The van der Waals surface area contributed by atoms with Crippen molar-refractivity contribution in [3.8, 4) is 0 Å². The monoisotopic (exact) mass is 580 g/mol. The van der Waals surface area contributed by atoms with Crippen LogP contribution in [0.15, 0.2) is 11.8 Å². The van der Waals surface area contributed by atoms with Crippen LogP contribution in [0.3, 0.4) is 0 Å². The van der Waals surface area contributed by atoms with Crippen LogP contribution in [0.4, 0.5) is 0 Å². The maximum Gasteiger partial charge on any atom is 0.217 e. The molecular formula is C18H30NO16S2-3. The normalized spacial score (nSPS) is 36.1. The number of aliphatic hydroxyl groups excluding tert-OH is 3. The van der Waals surface area contributed by atoms with Gasteiger partial charge in [-0.2, -0.15) is 0 Å². The topological polar surface area (TPSA) is 296 Å². The van der Waals surface area contributed by atoms with Gasteiger partial charge in [-0.1, -0.05) is 6.92 Å². The summed E-state index contributed by atoms with van der Waals surface area (Å²) in [4.78, 5) is 11.2. The van der Waals surface area contributed by atoms with Gasteiger partial charge in [-0.05, 0) is 26.8 Å². The second-order valence-electron chi connectivity index (χ2n) is 9.56. The number of hydrogen-bond donors (Lipinski definition) is 4. The number of ether oxygens (including phenoxy) is 3. The Morgan fingerprint density at radius 2 is 1.65 bits per heavy atom. The molecule has 1 saturated heterocycles. The smallest absolute Gasteiger partial charge is 0.217 e. The summed E-state index contributed by atoms with van der Waals surface area (Å²) in [7, 11) is -10.3. The van der Waals surface area contributed by atoms with E-state index in [1.165, 1.54) is 27.7 Å².